The Morgan fingerprint density at radius 2 is 1.15 bits per heavy atom. The van der Waals surface area contributed by atoms with Gasteiger partial charge in [0.1, 0.15) is 0 Å². The highest BCUT2D eigenvalue weighted by atomic mass is 15.1. The highest BCUT2D eigenvalue weighted by Crippen LogP contribution is 2.50. The van der Waals surface area contributed by atoms with Crippen LogP contribution < -0.4 is 4.90 Å². The quantitative estimate of drug-likeness (QED) is 0.0984. The zero-order chi connectivity index (χ0) is 42.2. The standard InChI is InChI=1S/C61H49N/c1-5-7-16-42-26-27-47(38-45(42)17-8-6-2)46-19-15-20-52(39-46)62(51-35-30-44(31-36-51)58-40-49-18-9-10-21-53(49)54-22-11-12-23-55(54)58)50-33-28-43(29-34-50)48-32-37-57-56-24-13-14-25-59(56)61(3,4)60(57)41-48/h5-28,30-33,35-41H,1-2,29,34H2,3-4H3/b16-7-,17-8-. The number of benzene rings is 8. The first-order chi connectivity index (χ1) is 30.4. The Labute approximate surface area is 366 Å². The Morgan fingerprint density at radius 3 is 1.94 bits per heavy atom. The molecule has 62 heavy (non-hydrogen) atoms. The van der Waals surface area contributed by atoms with Crippen molar-refractivity contribution in [3.8, 4) is 33.4 Å². The summed E-state index contributed by atoms with van der Waals surface area (Å²) in [7, 11) is 0. The maximum Gasteiger partial charge on any atom is 0.0464 e. The van der Waals surface area contributed by atoms with Gasteiger partial charge in [0.05, 0.1) is 0 Å². The van der Waals surface area contributed by atoms with Crippen LogP contribution in [0.25, 0.3) is 72.7 Å². The van der Waals surface area contributed by atoms with Crippen LogP contribution in [0.1, 0.15) is 54.5 Å². The summed E-state index contributed by atoms with van der Waals surface area (Å²) in [4.78, 5) is 2.46. The van der Waals surface area contributed by atoms with E-state index in [2.05, 4.69) is 220 Å². The number of fused-ring (bicyclic) bond motifs is 6. The zero-order valence-corrected chi connectivity index (χ0v) is 35.5. The van der Waals surface area contributed by atoms with Crippen molar-refractivity contribution >= 4 is 50.6 Å². The van der Waals surface area contributed by atoms with E-state index in [4.69, 9.17) is 0 Å². The predicted octanol–water partition coefficient (Wildman–Crippen LogP) is 16.9. The average molecular weight is 796 g/mol. The summed E-state index contributed by atoms with van der Waals surface area (Å²) in [6.07, 6.45) is 18.4. The maximum absolute atomic E-state index is 3.91. The molecule has 0 aromatic heterocycles. The third-order valence-electron chi connectivity index (χ3n) is 12.9. The molecule has 1 heteroatoms. The number of allylic oxidation sites excluding steroid dienone is 8. The molecule has 0 amide bonds. The van der Waals surface area contributed by atoms with Crippen LogP contribution in [0.4, 0.5) is 11.4 Å². The molecule has 1 nitrogen and oxygen atoms in total. The Hall–Kier alpha value is -7.48. The first-order valence-corrected chi connectivity index (χ1v) is 21.7. The summed E-state index contributed by atoms with van der Waals surface area (Å²) < 4.78 is 0. The lowest BCUT2D eigenvalue weighted by Gasteiger charge is -2.30. The van der Waals surface area contributed by atoms with Crippen molar-refractivity contribution in [3.63, 3.8) is 0 Å². The molecule has 8 aromatic rings. The summed E-state index contributed by atoms with van der Waals surface area (Å²) >= 11 is 0. The van der Waals surface area contributed by atoms with Crippen LogP contribution in [0, 0.1) is 0 Å². The maximum atomic E-state index is 3.91. The highest BCUT2D eigenvalue weighted by Gasteiger charge is 2.35. The van der Waals surface area contributed by atoms with E-state index >= 15 is 0 Å². The molecule has 0 fully saturated rings. The number of anilines is 2. The summed E-state index contributed by atoms with van der Waals surface area (Å²) in [5, 5.41) is 5.08. The van der Waals surface area contributed by atoms with Crippen molar-refractivity contribution in [2.24, 2.45) is 0 Å². The van der Waals surface area contributed by atoms with Gasteiger partial charge in [0.2, 0.25) is 0 Å². The fraction of sp³-hybridized carbons (Fsp3) is 0.0820. The molecule has 0 heterocycles. The molecule has 0 radical (unpaired) electrons. The molecule has 0 atom stereocenters. The number of nitrogens with zero attached hydrogens (tertiary/aromatic N) is 1. The van der Waals surface area contributed by atoms with Crippen LogP contribution >= 0.6 is 0 Å². The second-order valence-electron chi connectivity index (χ2n) is 16.9. The molecule has 0 N–H and O–H groups in total. The van der Waals surface area contributed by atoms with Crippen LogP contribution in [0.2, 0.25) is 0 Å². The van der Waals surface area contributed by atoms with Gasteiger partial charge in [-0.15, -0.1) is 0 Å². The first-order valence-electron chi connectivity index (χ1n) is 21.7. The molecule has 10 rings (SSSR count). The second kappa shape index (κ2) is 16.2. The van der Waals surface area contributed by atoms with Crippen molar-refractivity contribution < 1.29 is 0 Å². The minimum absolute atomic E-state index is 0.0312. The monoisotopic (exact) mass is 795 g/mol. The largest absolute Gasteiger partial charge is 0.314 e. The lowest BCUT2D eigenvalue weighted by Crippen LogP contribution is -2.18. The van der Waals surface area contributed by atoms with E-state index < -0.39 is 0 Å². The Bertz CT molecular complexity index is 3180. The fourth-order valence-electron chi connectivity index (χ4n) is 9.74. The van der Waals surface area contributed by atoms with E-state index in [1.807, 2.05) is 24.3 Å². The van der Waals surface area contributed by atoms with Crippen molar-refractivity contribution in [1.29, 1.82) is 0 Å². The van der Waals surface area contributed by atoms with Gasteiger partial charge in [0.25, 0.3) is 0 Å². The molecule has 2 aliphatic rings. The fourth-order valence-corrected chi connectivity index (χ4v) is 9.74. The molecule has 0 spiro atoms. The summed E-state index contributed by atoms with van der Waals surface area (Å²) in [6, 6.07) is 60.7. The van der Waals surface area contributed by atoms with Gasteiger partial charge in [0.15, 0.2) is 0 Å². The van der Waals surface area contributed by atoms with Gasteiger partial charge in [-0.05, 0) is 150 Å². The lowest BCUT2D eigenvalue weighted by atomic mass is 9.81. The molecule has 0 unspecified atom stereocenters. The van der Waals surface area contributed by atoms with Gasteiger partial charge in [-0.2, -0.15) is 0 Å². The molecule has 2 aliphatic carbocycles. The van der Waals surface area contributed by atoms with Gasteiger partial charge in [0, 0.05) is 22.5 Å². The molecule has 0 saturated carbocycles. The van der Waals surface area contributed by atoms with E-state index in [9.17, 15) is 0 Å². The van der Waals surface area contributed by atoms with Crippen LogP contribution in [0.3, 0.4) is 0 Å². The third-order valence-corrected chi connectivity index (χ3v) is 12.9. The SMILES string of the molecule is C=C/C=C\c1ccc(-c2cccc(N(C3=CC=C(c4ccc5c(c4)C(C)(C)c4ccccc4-5)CC3)c3ccc(-c4cc5ccccc5c5ccccc45)cc3)c2)cc1/C=C\C=C. The van der Waals surface area contributed by atoms with E-state index in [-0.39, 0.29) is 5.41 Å². The van der Waals surface area contributed by atoms with Crippen LogP contribution in [0.15, 0.2) is 219 Å². The van der Waals surface area contributed by atoms with E-state index in [0.717, 1.165) is 46.5 Å². The van der Waals surface area contributed by atoms with E-state index in [0.29, 0.717) is 0 Å². The Morgan fingerprint density at radius 1 is 0.468 bits per heavy atom. The van der Waals surface area contributed by atoms with Crippen molar-refractivity contribution in [2.45, 2.75) is 32.1 Å². The predicted molar refractivity (Wildman–Crippen MR) is 269 cm³/mol. The Balaban J connectivity index is 1.06. The minimum atomic E-state index is -0.0312. The molecule has 298 valence electrons. The van der Waals surface area contributed by atoms with E-state index in [1.165, 1.54) is 71.8 Å². The Kier molecular flexibility index (Phi) is 10.1. The van der Waals surface area contributed by atoms with Crippen LogP contribution in [-0.2, 0) is 5.41 Å². The zero-order valence-electron chi connectivity index (χ0n) is 35.5. The smallest absolute Gasteiger partial charge is 0.0464 e. The molecule has 0 aliphatic heterocycles. The van der Waals surface area contributed by atoms with Gasteiger partial charge in [-0.1, -0.05) is 191 Å². The highest BCUT2D eigenvalue weighted by molar-refractivity contribution is 6.13. The molecule has 0 bridgehead atoms. The third kappa shape index (κ3) is 6.96. The molecular formula is C61H49N. The van der Waals surface area contributed by atoms with E-state index in [1.54, 1.807) is 0 Å². The number of hydrogen-bond donors (Lipinski definition) is 0. The van der Waals surface area contributed by atoms with Crippen molar-refractivity contribution in [2.75, 3.05) is 4.90 Å². The van der Waals surface area contributed by atoms with Crippen molar-refractivity contribution in [3.05, 3.63) is 247 Å². The second-order valence-corrected chi connectivity index (χ2v) is 16.9. The van der Waals surface area contributed by atoms with Gasteiger partial charge in [-0.25, -0.2) is 0 Å². The summed E-state index contributed by atoms with van der Waals surface area (Å²) in [5.41, 5.74) is 18.8. The number of rotatable bonds is 10. The molecular weight excluding hydrogens is 747 g/mol. The summed E-state index contributed by atoms with van der Waals surface area (Å²) in [6.45, 7) is 12.5. The molecule has 8 aromatic carbocycles. The first kappa shape index (κ1) is 38.7. The average Bonchev–Trinajstić information content (AvgIpc) is 3.55. The minimum Gasteiger partial charge on any atom is -0.314 e. The van der Waals surface area contributed by atoms with Gasteiger partial charge < -0.3 is 4.90 Å². The topological polar surface area (TPSA) is 3.24 Å². The molecule has 0 saturated heterocycles. The van der Waals surface area contributed by atoms with Gasteiger partial charge >= 0.3 is 0 Å². The lowest BCUT2D eigenvalue weighted by molar-refractivity contribution is 0.660. The van der Waals surface area contributed by atoms with Crippen LogP contribution in [-0.4, -0.2) is 0 Å². The van der Waals surface area contributed by atoms with Crippen LogP contribution in [0.5, 0.6) is 0 Å². The number of hydrogen-bond acceptors (Lipinski definition) is 1. The van der Waals surface area contributed by atoms with Crippen molar-refractivity contribution in [1.82, 2.24) is 0 Å². The van der Waals surface area contributed by atoms with Gasteiger partial charge in [-0.3, -0.25) is 0 Å². The summed E-state index contributed by atoms with van der Waals surface area (Å²) in [5.74, 6) is 0. The normalized spacial score (nSPS) is 14.2.